The molecule has 0 fully saturated rings. The van der Waals surface area contributed by atoms with Crippen molar-refractivity contribution in [3.8, 4) is 11.1 Å². The zero-order valence-electron chi connectivity index (χ0n) is 21.2. The monoisotopic (exact) mass is 468 g/mol. The normalized spacial score (nSPS) is 11.4. The number of hydrogen-bond donors (Lipinski definition) is 0. The first kappa shape index (κ1) is 27.9. The lowest BCUT2D eigenvalue weighted by molar-refractivity contribution is -0.124. The van der Waals surface area contributed by atoms with Gasteiger partial charge < -0.3 is 19.3 Å². The molecule has 6 heteroatoms. The van der Waals surface area contributed by atoms with Gasteiger partial charge in [-0.25, -0.2) is 0 Å². The number of Topliss-reactive ketones (excluding diaryl/α,β-unsaturated/α-hetero) is 2. The van der Waals surface area contributed by atoms with Gasteiger partial charge in [-0.2, -0.15) is 0 Å². The summed E-state index contributed by atoms with van der Waals surface area (Å²) in [6.07, 6.45) is 2.81. The molecule has 2 aromatic carbocycles. The molecule has 0 aromatic heterocycles. The molecule has 2 rings (SSSR count). The third-order valence-corrected chi connectivity index (χ3v) is 5.37. The average molecular weight is 469 g/mol. The molecule has 0 aliphatic carbocycles. The van der Waals surface area contributed by atoms with Crippen LogP contribution in [-0.2, 0) is 32.3 Å². The Balaban J connectivity index is 1.80. The molecule has 0 saturated heterocycles. The van der Waals surface area contributed by atoms with Gasteiger partial charge in [0.25, 0.3) is 0 Å². The van der Waals surface area contributed by atoms with Crippen LogP contribution in [0.2, 0.25) is 0 Å². The highest BCUT2D eigenvalue weighted by Gasteiger charge is 2.06. The van der Waals surface area contributed by atoms with E-state index in [1.54, 1.807) is 0 Å². The molecule has 0 aliphatic rings. The second-order valence-electron chi connectivity index (χ2n) is 9.28. The maximum absolute atomic E-state index is 12.0. The Morgan fingerprint density at radius 2 is 1.09 bits per heavy atom. The second-order valence-corrected chi connectivity index (χ2v) is 9.28. The minimum Gasteiger partial charge on any atom is -0.369 e. The van der Waals surface area contributed by atoms with Crippen molar-refractivity contribution in [3.05, 3.63) is 59.7 Å². The van der Waals surface area contributed by atoms with E-state index in [-0.39, 0.29) is 24.8 Å². The summed E-state index contributed by atoms with van der Waals surface area (Å²) in [4.78, 5) is 28.1. The number of carbonyl (C=O) groups is 2. The summed E-state index contributed by atoms with van der Waals surface area (Å²) in [5.41, 5.74) is 4.23. The number of nitrogens with zero attached hydrogens (tertiary/aromatic N) is 2. The van der Waals surface area contributed by atoms with Gasteiger partial charge in [0.1, 0.15) is 13.2 Å². The molecule has 186 valence electrons. The highest BCUT2D eigenvalue weighted by molar-refractivity contribution is 5.80. The van der Waals surface area contributed by atoms with Crippen LogP contribution in [-0.4, -0.2) is 75.9 Å². The van der Waals surface area contributed by atoms with Crippen molar-refractivity contribution in [2.75, 3.05) is 54.5 Å². The summed E-state index contributed by atoms with van der Waals surface area (Å²) in [6, 6.07) is 16.3. The van der Waals surface area contributed by atoms with Crippen LogP contribution in [0.25, 0.3) is 11.1 Å². The van der Waals surface area contributed by atoms with E-state index in [0.29, 0.717) is 26.1 Å². The van der Waals surface area contributed by atoms with Crippen molar-refractivity contribution in [2.45, 2.75) is 38.9 Å². The number of rotatable bonds is 17. The van der Waals surface area contributed by atoms with E-state index in [2.05, 4.69) is 34.1 Å². The quantitative estimate of drug-likeness (QED) is 0.347. The molecule has 0 atom stereocenters. The SMILES string of the molecule is CN(C)CCCC(=O)COCc1cccc(-c2cccc(COCC(=O)CCCN(C)C)c2)c1. The highest BCUT2D eigenvalue weighted by atomic mass is 16.5. The molecule has 0 radical (unpaired) electrons. The Bertz CT molecular complexity index is 822. The largest absolute Gasteiger partial charge is 0.369 e. The van der Waals surface area contributed by atoms with E-state index in [1.807, 2.05) is 52.5 Å². The van der Waals surface area contributed by atoms with Gasteiger partial charge in [0.2, 0.25) is 0 Å². The lowest BCUT2D eigenvalue weighted by atomic mass is 10.0. The Morgan fingerprint density at radius 1 is 0.676 bits per heavy atom. The van der Waals surface area contributed by atoms with Crippen LogP contribution < -0.4 is 0 Å². The van der Waals surface area contributed by atoms with E-state index >= 15 is 0 Å². The molecule has 34 heavy (non-hydrogen) atoms. The van der Waals surface area contributed by atoms with Gasteiger partial charge in [0.05, 0.1) is 13.2 Å². The fourth-order valence-corrected chi connectivity index (χ4v) is 3.58. The number of ketones is 2. The summed E-state index contributed by atoms with van der Waals surface area (Å²) in [5.74, 6) is 0.281. The van der Waals surface area contributed by atoms with E-state index in [0.717, 1.165) is 48.2 Å². The molecule has 0 saturated carbocycles. The highest BCUT2D eigenvalue weighted by Crippen LogP contribution is 2.22. The molecule has 2 aromatic rings. The topological polar surface area (TPSA) is 59.1 Å². The lowest BCUT2D eigenvalue weighted by Gasteiger charge is -2.10. The smallest absolute Gasteiger partial charge is 0.158 e. The molecule has 0 heterocycles. The Kier molecular flexibility index (Phi) is 12.7. The van der Waals surface area contributed by atoms with E-state index < -0.39 is 0 Å². The van der Waals surface area contributed by atoms with Crippen LogP contribution in [0.15, 0.2) is 48.5 Å². The molecule has 0 N–H and O–H groups in total. The minimum atomic E-state index is 0.141. The molecule has 0 aliphatic heterocycles. The van der Waals surface area contributed by atoms with Crippen molar-refractivity contribution in [2.24, 2.45) is 0 Å². The molecule has 0 unspecified atom stereocenters. The van der Waals surface area contributed by atoms with Crippen molar-refractivity contribution in [3.63, 3.8) is 0 Å². The molecule has 0 amide bonds. The third-order valence-electron chi connectivity index (χ3n) is 5.37. The number of benzene rings is 2. The summed E-state index contributed by atoms with van der Waals surface area (Å²) in [7, 11) is 8.02. The van der Waals surface area contributed by atoms with Gasteiger partial charge in [-0.1, -0.05) is 36.4 Å². The summed E-state index contributed by atoms with van der Waals surface area (Å²) < 4.78 is 11.3. The zero-order valence-corrected chi connectivity index (χ0v) is 21.2. The Hall–Kier alpha value is -2.38. The van der Waals surface area contributed by atoms with E-state index in [4.69, 9.17) is 9.47 Å². The predicted octanol–water partition coefficient (Wildman–Crippen LogP) is 4.21. The number of ether oxygens (including phenoxy) is 2. The molecular weight excluding hydrogens is 428 g/mol. The van der Waals surface area contributed by atoms with Crippen molar-refractivity contribution < 1.29 is 19.1 Å². The third kappa shape index (κ3) is 11.7. The number of hydrogen-bond acceptors (Lipinski definition) is 6. The first-order valence-electron chi connectivity index (χ1n) is 12.0. The second kappa shape index (κ2) is 15.5. The first-order chi connectivity index (χ1) is 16.3. The fourth-order valence-electron chi connectivity index (χ4n) is 3.58. The lowest BCUT2D eigenvalue weighted by Crippen LogP contribution is -2.16. The van der Waals surface area contributed by atoms with Crippen molar-refractivity contribution in [1.29, 1.82) is 0 Å². The van der Waals surface area contributed by atoms with Crippen molar-refractivity contribution in [1.82, 2.24) is 9.80 Å². The molecule has 0 bridgehead atoms. The average Bonchev–Trinajstić information content (AvgIpc) is 2.79. The molecule has 6 nitrogen and oxygen atoms in total. The van der Waals surface area contributed by atoms with Gasteiger partial charge in [-0.3, -0.25) is 9.59 Å². The van der Waals surface area contributed by atoms with Crippen LogP contribution in [0, 0.1) is 0 Å². The van der Waals surface area contributed by atoms with Gasteiger partial charge in [0, 0.05) is 12.8 Å². The van der Waals surface area contributed by atoms with Gasteiger partial charge in [0.15, 0.2) is 11.6 Å². The van der Waals surface area contributed by atoms with E-state index in [1.165, 1.54) is 0 Å². The molecule has 0 spiro atoms. The predicted molar refractivity (Wildman–Crippen MR) is 137 cm³/mol. The van der Waals surface area contributed by atoms with Crippen LogP contribution in [0.5, 0.6) is 0 Å². The van der Waals surface area contributed by atoms with E-state index in [9.17, 15) is 9.59 Å². The van der Waals surface area contributed by atoms with Gasteiger partial charge >= 0.3 is 0 Å². The van der Waals surface area contributed by atoms with Crippen LogP contribution >= 0.6 is 0 Å². The van der Waals surface area contributed by atoms with Gasteiger partial charge in [-0.15, -0.1) is 0 Å². The standard InChI is InChI=1S/C28H40N2O4/c1-29(2)15-7-13-27(31)21-33-19-23-9-5-11-25(17-23)26-12-6-10-24(18-26)20-34-22-28(32)14-8-16-30(3)4/h5-6,9-12,17-18H,7-8,13-16,19-22H2,1-4H3. The van der Waals surface area contributed by atoms with Crippen LogP contribution in [0.3, 0.4) is 0 Å². The fraction of sp³-hybridized carbons (Fsp3) is 0.500. The first-order valence-corrected chi connectivity index (χ1v) is 12.0. The van der Waals surface area contributed by atoms with Gasteiger partial charge in [-0.05, 0) is 88.5 Å². The minimum absolute atomic E-state index is 0.141. The molecular formula is C28H40N2O4. The summed E-state index contributed by atoms with van der Waals surface area (Å²) >= 11 is 0. The maximum Gasteiger partial charge on any atom is 0.158 e. The summed E-state index contributed by atoms with van der Waals surface area (Å²) in [6.45, 7) is 2.94. The maximum atomic E-state index is 12.0. The number of carbonyl (C=O) groups excluding carboxylic acids is 2. The van der Waals surface area contributed by atoms with Crippen LogP contribution in [0.4, 0.5) is 0 Å². The Morgan fingerprint density at radius 3 is 1.47 bits per heavy atom. The van der Waals surface area contributed by atoms with Crippen LogP contribution in [0.1, 0.15) is 36.8 Å². The Labute approximate surface area is 204 Å². The van der Waals surface area contributed by atoms with Crippen molar-refractivity contribution >= 4 is 11.6 Å². The summed E-state index contributed by atoms with van der Waals surface area (Å²) in [5, 5.41) is 0. The zero-order chi connectivity index (χ0) is 24.8.